The van der Waals surface area contributed by atoms with Crippen molar-refractivity contribution in [2.75, 3.05) is 7.11 Å². The maximum absolute atomic E-state index is 9.72. The third-order valence-electron chi connectivity index (χ3n) is 3.00. The first kappa shape index (κ1) is 15.4. The number of hydrogen-bond acceptors (Lipinski definition) is 4. The molecule has 22 heavy (non-hydrogen) atoms. The number of aromatic hydroxyl groups is 1. The Morgan fingerprint density at radius 3 is 2.68 bits per heavy atom. The number of methoxy groups -OCH3 is 1. The molecule has 108 valence electrons. The first-order chi connectivity index (χ1) is 10.6. The molecule has 0 aliphatic heterocycles. The normalized spacial score (nSPS) is 10.6. The van der Waals surface area contributed by atoms with E-state index in [1.165, 1.54) is 13.2 Å². The van der Waals surface area contributed by atoms with Gasteiger partial charge in [-0.3, -0.25) is 0 Å². The van der Waals surface area contributed by atoms with Gasteiger partial charge in [-0.15, -0.1) is 0 Å². The fourth-order valence-electron chi connectivity index (χ4n) is 1.94. The van der Waals surface area contributed by atoms with Gasteiger partial charge in [0, 0.05) is 0 Å². The van der Waals surface area contributed by atoms with Gasteiger partial charge in [0.2, 0.25) is 0 Å². The number of rotatable bonds is 3. The third kappa shape index (κ3) is 3.20. The van der Waals surface area contributed by atoms with Gasteiger partial charge in [-0.1, -0.05) is 23.7 Å². The molecule has 0 radical (unpaired) electrons. The van der Waals surface area contributed by atoms with Crippen LogP contribution in [0.2, 0.25) is 5.02 Å². The maximum atomic E-state index is 9.72. The van der Waals surface area contributed by atoms with Crippen molar-refractivity contribution < 1.29 is 9.84 Å². The molecule has 0 aromatic heterocycles. The lowest BCUT2D eigenvalue weighted by Crippen LogP contribution is -1.87. The molecule has 2 aromatic carbocycles. The third-order valence-corrected chi connectivity index (χ3v) is 3.29. The average molecular weight is 311 g/mol. The molecule has 1 N–H and O–H groups in total. The molecule has 0 amide bonds. The summed E-state index contributed by atoms with van der Waals surface area (Å²) in [6.45, 7) is 0. The predicted molar refractivity (Wildman–Crippen MR) is 84.3 cm³/mol. The minimum atomic E-state index is -0.147. The van der Waals surface area contributed by atoms with Crippen LogP contribution in [0.25, 0.3) is 11.6 Å². The van der Waals surface area contributed by atoms with Gasteiger partial charge in [-0.05, 0) is 41.5 Å². The summed E-state index contributed by atoms with van der Waals surface area (Å²) >= 11 is 5.93. The number of phenolic OH excluding ortho intramolecular Hbond substituents is 1. The lowest BCUT2D eigenvalue weighted by atomic mass is 10.0. The topological polar surface area (TPSA) is 77.0 Å². The molecule has 4 nitrogen and oxygen atoms in total. The van der Waals surface area contributed by atoms with Gasteiger partial charge in [0.25, 0.3) is 0 Å². The highest BCUT2D eigenvalue weighted by atomic mass is 35.5. The van der Waals surface area contributed by atoms with E-state index in [1.54, 1.807) is 36.4 Å². The van der Waals surface area contributed by atoms with Crippen molar-refractivity contribution in [3.05, 3.63) is 58.1 Å². The molecule has 0 aliphatic rings. The van der Waals surface area contributed by atoms with Crippen LogP contribution in [0.15, 0.2) is 36.4 Å². The maximum Gasteiger partial charge on any atom is 0.176 e. The Balaban J connectivity index is 2.52. The van der Waals surface area contributed by atoms with E-state index in [1.807, 2.05) is 6.07 Å². The number of ether oxygens (including phenoxy) is 1. The molecule has 0 aliphatic carbocycles. The van der Waals surface area contributed by atoms with E-state index in [4.69, 9.17) is 21.6 Å². The number of allylic oxidation sites excluding steroid dienone is 1. The van der Waals surface area contributed by atoms with Gasteiger partial charge in [-0.2, -0.15) is 10.5 Å². The Kier molecular flexibility index (Phi) is 4.68. The number of nitrogens with zero attached hydrogens (tertiary/aromatic N) is 2. The van der Waals surface area contributed by atoms with E-state index >= 15 is 0 Å². The van der Waals surface area contributed by atoms with Gasteiger partial charge in [0.05, 0.1) is 35.4 Å². The van der Waals surface area contributed by atoms with E-state index in [-0.39, 0.29) is 16.5 Å². The van der Waals surface area contributed by atoms with E-state index in [0.717, 1.165) is 0 Å². The zero-order valence-corrected chi connectivity index (χ0v) is 12.4. The van der Waals surface area contributed by atoms with Gasteiger partial charge in [0.1, 0.15) is 0 Å². The molecule has 2 rings (SSSR count). The molecule has 0 unspecified atom stereocenters. The molecule has 0 saturated heterocycles. The van der Waals surface area contributed by atoms with Crippen molar-refractivity contribution in [3.8, 4) is 23.6 Å². The van der Waals surface area contributed by atoms with Crippen LogP contribution in [0.5, 0.6) is 11.5 Å². The second kappa shape index (κ2) is 6.67. The Morgan fingerprint density at radius 1 is 1.27 bits per heavy atom. The van der Waals surface area contributed by atoms with E-state index < -0.39 is 0 Å². The SMILES string of the molecule is COc1cc(/C=C(/C#N)c2cccc(C#N)c2)cc(Cl)c1O. The summed E-state index contributed by atoms with van der Waals surface area (Å²) in [7, 11) is 1.42. The number of halogens is 1. The Bertz CT molecular complexity index is 830. The molecular formula is C17H11ClN2O2. The molecule has 0 saturated carbocycles. The standard InChI is InChI=1S/C17H11ClN2O2/c1-22-16-8-12(7-15(18)17(16)21)6-14(10-20)13-4-2-3-11(5-13)9-19/h2-8,21H,1H3/b14-6-. The quantitative estimate of drug-likeness (QED) is 0.687. The van der Waals surface area contributed by atoms with Crippen molar-refractivity contribution in [3.63, 3.8) is 0 Å². The molecule has 0 spiro atoms. The molecule has 0 bridgehead atoms. The van der Waals surface area contributed by atoms with Crippen LogP contribution in [0.1, 0.15) is 16.7 Å². The van der Waals surface area contributed by atoms with Gasteiger partial charge in [-0.25, -0.2) is 0 Å². The fourth-order valence-corrected chi connectivity index (χ4v) is 2.15. The highest BCUT2D eigenvalue weighted by Gasteiger charge is 2.09. The fraction of sp³-hybridized carbons (Fsp3) is 0.0588. The van der Waals surface area contributed by atoms with Crippen LogP contribution in [-0.2, 0) is 0 Å². The lowest BCUT2D eigenvalue weighted by molar-refractivity contribution is 0.373. The minimum Gasteiger partial charge on any atom is -0.503 e. The molecular weight excluding hydrogens is 300 g/mol. The number of benzene rings is 2. The monoisotopic (exact) mass is 310 g/mol. The van der Waals surface area contributed by atoms with E-state index in [9.17, 15) is 10.4 Å². The highest BCUT2D eigenvalue weighted by molar-refractivity contribution is 6.32. The minimum absolute atomic E-state index is 0.133. The second-order valence-corrected chi connectivity index (χ2v) is 4.82. The summed E-state index contributed by atoms with van der Waals surface area (Å²) in [6, 6.07) is 14.0. The summed E-state index contributed by atoms with van der Waals surface area (Å²) in [4.78, 5) is 0. The van der Waals surface area contributed by atoms with Crippen molar-refractivity contribution >= 4 is 23.3 Å². The number of phenols is 1. The molecule has 5 heteroatoms. The van der Waals surface area contributed by atoms with Crippen LogP contribution in [0.4, 0.5) is 0 Å². The van der Waals surface area contributed by atoms with E-state index in [2.05, 4.69) is 6.07 Å². The largest absolute Gasteiger partial charge is 0.503 e. The molecule has 0 fully saturated rings. The average Bonchev–Trinajstić information content (AvgIpc) is 2.55. The molecule has 0 heterocycles. The summed E-state index contributed by atoms with van der Waals surface area (Å²) in [5.74, 6) is 0.0770. The Labute approximate surface area is 133 Å². The summed E-state index contributed by atoms with van der Waals surface area (Å²) in [6.07, 6.45) is 1.62. The number of nitriles is 2. The van der Waals surface area contributed by atoms with Crippen LogP contribution in [0.3, 0.4) is 0 Å². The van der Waals surface area contributed by atoms with Crippen LogP contribution < -0.4 is 4.74 Å². The number of hydrogen-bond donors (Lipinski definition) is 1. The second-order valence-electron chi connectivity index (χ2n) is 4.42. The lowest BCUT2D eigenvalue weighted by Gasteiger charge is -2.07. The first-order valence-electron chi connectivity index (χ1n) is 6.28. The summed E-state index contributed by atoms with van der Waals surface area (Å²) < 4.78 is 5.03. The summed E-state index contributed by atoms with van der Waals surface area (Å²) in [5, 5.41) is 28.1. The molecule has 0 atom stereocenters. The predicted octanol–water partition coefficient (Wildman–Crippen LogP) is 3.99. The van der Waals surface area contributed by atoms with Crippen molar-refractivity contribution in [1.82, 2.24) is 0 Å². The smallest absolute Gasteiger partial charge is 0.176 e. The highest BCUT2D eigenvalue weighted by Crippen LogP contribution is 2.36. The van der Waals surface area contributed by atoms with Crippen molar-refractivity contribution in [2.24, 2.45) is 0 Å². The van der Waals surface area contributed by atoms with Crippen LogP contribution in [0, 0.1) is 22.7 Å². The Morgan fingerprint density at radius 2 is 2.05 bits per heavy atom. The van der Waals surface area contributed by atoms with Gasteiger partial charge in [0.15, 0.2) is 11.5 Å². The zero-order chi connectivity index (χ0) is 16.1. The first-order valence-corrected chi connectivity index (χ1v) is 6.65. The van der Waals surface area contributed by atoms with Crippen LogP contribution in [-0.4, -0.2) is 12.2 Å². The van der Waals surface area contributed by atoms with E-state index in [0.29, 0.717) is 22.3 Å². The van der Waals surface area contributed by atoms with Crippen molar-refractivity contribution in [1.29, 1.82) is 10.5 Å². The van der Waals surface area contributed by atoms with Crippen molar-refractivity contribution in [2.45, 2.75) is 0 Å². The Hall–Kier alpha value is -2.95. The molecule has 2 aromatic rings. The summed E-state index contributed by atoms with van der Waals surface area (Å²) in [5.41, 5.74) is 2.09. The van der Waals surface area contributed by atoms with Crippen LogP contribution >= 0.6 is 11.6 Å². The van der Waals surface area contributed by atoms with Gasteiger partial charge >= 0.3 is 0 Å². The van der Waals surface area contributed by atoms with Gasteiger partial charge < -0.3 is 9.84 Å². The zero-order valence-electron chi connectivity index (χ0n) is 11.7.